The summed E-state index contributed by atoms with van der Waals surface area (Å²) in [5.74, 6) is -0.0976. The lowest BCUT2D eigenvalue weighted by Crippen LogP contribution is -2.23. The first kappa shape index (κ1) is 21.1. The minimum Gasteiger partial charge on any atom is -0.360 e. The molecular formula is C19H24N6O2S2. The van der Waals surface area contributed by atoms with Crippen LogP contribution in [0.1, 0.15) is 25.5 Å². The lowest BCUT2D eigenvalue weighted by molar-refractivity contribution is -0.113. The minimum absolute atomic E-state index is 0.155. The van der Waals surface area contributed by atoms with Crippen LogP contribution in [0.15, 0.2) is 39.5 Å². The number of benzene rings is 1. The zero-order chi connectivity index (χ0) is 20.8. The van der Waals surface area contributed by atoms with Gasteiger partial charge in [0.05, 0.1) is 17.1 Å². The molecule has 0 aliphatic heterocycles. The average Bonchev–Trinajstić information content (AvgIpc) is 3.26. The van der Waals surface area contributed by atoms with Crippen molar-refractivity contribution >= 4 is 39.8 Å². The van der Waals surface area contributed by atoms with Gasteiger partial charge in [-0.2, -0.15) is 0 Å². The van der Waals surface area contributed by atoms with E-state index in [-0.39, 0.29) is 17.2 Å². The summed E-state index contributed by atoms with van der Waals surface area (Å²) >= 11 is 2.73. The molecule has 10 heteroatoms. The maximum absolute atomic E-state index is 12.8. The number of para-hydroxylation sites is 1. The van der Waals surface area contributed by atoms with Gasteiger partial charge in [-0.3, -0.25) is 14.3 Å². The van der Waals surface area contributed by atoms with Crippen LogP contribution in [0.4, 0.5) is 10.8 Å². The molecule has 0 atom stereocenters. The molecule has 0 saturated heterocycles. The normalized spacial score (nSPS) is 10.9. The number of aromatic nitrogens is 4. The molecule has 0 radical (unpaired) electrons. The van der Waals surface area contributed by atoms with E-state index in [2.05, 4.69) is 27.8 Å². The minimum atomic E-state index is -0.257. The predicted octanol–water partition coefficient (Wildman–Crippen LogP) is 3.28. The molecule has 0 fully saturated rings. The van der Waals surface area contributed by atoms with Gasteiger partial charge >= 0.3 is 0 Å². The van der Waals surface area contributed by atoms with Crippen molar-refractivity contribution in [3.63, 3.8) is 0 Å². The highest BCUT2D eigenvalue weighted by Crippen LogP contribution is 2.25. The first-order valence-corrected chi connectivity index (χ1v) is 11.2. The first-order chi connectivity index (χ1) is 14.0. The highest BCUT2D eigenvalue weighted by molar-refractivity contribution is 8.01. The summed E-state index contributed by atoms with van der Waals surface area (Å²) in [4.78, 5) is 25.3. The second-order valence-electron chi connectivity index (χ2n) is 6.43. The van der Waals surface area contributed by atoms with Crippen molar-refractivity contribution in [3.05, 3.63) is 46.4 Å². The van der Waals surface area contributed by atoms with E-state index in [0.717, 1.165) is 30.2 Å². The highest BCUT2D eigenvalue weighted by atomic mass is 32.2. The van der Waals surface area contributed by atoms with Gasteiger partial charge in [-0.05, 0) is 25.5 Å². The Bertz CT molecular complexity index is 1030. The molecule has 1 amide bonds. The number of hydrogen-bond acceptors (Lipinski definition) is 7. The summed E-state index contributed by atoms with van der Waals surface area (Å²) in [6, 6.07) is 9.33. The Morgan fingerprint density at radius 1 is 1.24 bits per heavy atom. The van der Waals surface area contributed by atoms with Crippen molar-refractivity contribution in [3.8, 4) is 5.69 Å². The smallest absolute Gasteiger partial charge is 0.295 e. The molecule has 8 nitrogen and oxygen atoms in total. The SMILES string of the molecule is CCCCNc1nnc(SCC(=O)Nc2c(C)n(C)n(-c3ccccc3)c2=O)s1. The molecular weight excluding hydrogens is 408 g/mol. The number of amides is 1. The molecule has 3 rings (SSSR count). The molecule has 1 aromatic carbocycles. The lowest BCUT2D eigenvalue weighted by Gasteiger charge is -2.07. The molecule has 2 aromatic heterocycles. The Balaban J connectivity index is 1.64. The molecule has 2 heterocycles. The van der Waals surface area contributed by atoms with E-state index in [1.807, 2.05) is 37.3 Å². The second-order valence-corrected chi connectivity index (χ2v) is 8.63. The monoisotopic (exact) mass is 432 g/mol. The van der Waals surface area contributed by atoms with Gasteiger partial charge in [0.25, 0.3) is 5.56 Å². The third-order valence-electron chi connectivity index (χ3n) is 4.36. The molecule has 3 aromatic rings. The summed E-state index contributed by atoms with van der Waals surface area (Å²) in [6.45, 7) is 4.80. The van der Waals surface area contributed by atoms with Gasteiger partial charge in [-0.25, -0.2) is 4.68 Å². The molecule has 0 unspecified atom stereocenters. The Kier molecular flexibility index (Phi) is 7.10. The summed E-state index contributed by atoms with van der Waals surface area (Å²) in [5.41, 5.74) is 1.47. The zero-order valence-corrected chi connectivity index (χ0v) is 18.3. The third-order valence-corrected chi connectivity index (χ3v) is 6.37. The summed E-state index contributed by atoms with van der Waals surface area (Å²) in [5, 5.41) is 14.9. The molecule has 0 saturated carbocycles. The fourth-order valence-electron chi connectivity index (χ4n) is 2.73. The quantitative estimate of drug-likeness (QED) is 0.398. The van der Waals surface area contributed by atoms with E-state index < -0.39 is 0 Å². The van der Waals surface area contributed by atoms with Crippen LogP contribution in [0, 0.1) is 6.92 Å². The number of nitrogens with one attached hydrogen (secondary N) is 2. The number of nitrogens with zero attached hydrogens (tertiary/aromatic N) is 4. The number of carbonyl (C=O) groups excluding carboxylic acids is 1. The molecule has 0 spiro atoms. The van der Waals surface area contributed by atoms with Crippen molar-refractivity contribution in [2.24, 2.45) is 7.05 Å². The largest absolute Gasteiger partial charge is 0.360 e. The fraction of sp³-hybridized carbons (Fsp3) is 0.368. The topological polar surface area (TPSA) is 93.8 Å². The Morgan fingerprint density at radius 3 is 2.72 bits per heavy atom. The molecule has 2 N–H and O–H groups in total. The van der Waals surface area contributed by atoms with E-state index in [4.69, 9.17) is 0 Å². The Hall–Kier alpha value is -2.59. The number of carbonyl (C=O) groups is 1. The second kappa shape index (κ2) is 9.75. The van der Waals surface area contributed by atoms with Crippen molar-refractivity contribution in [1.29, 1.82) is 0 Å². The summed E-state index contributed by atoms with van der Waals surface area (Å²) in [7, 11) is 1.79. The molecule has 154 valence electrons. The standard InChI is InChI=1S/C19H24N6O2S2/c1-4-5-11-20-18-22-23-19(29-18)28-12-15(26)21-16-13(2)24(3)25(17(16)27)14-9-7-6-8-10-14/h6-10H,4-5,11-12H2,1-3H3,(H,20,22)(H,21,26). The number of rotatable bonds is 9. The number of hydrogen-bond donors (Lipinski definition) is 2. The van der Waals surface area contributed by atoms with Crippen LogP contribution in [-0.2, 0) is 11.8 Å². The van der Waals surface area contributed by atoms with Crippen LogP contribution in [0.3, 0.4) is 0 Å². The zero-order valence-electron chi connectivity index (χ0n) is 16.6. The number of anilines is 2. The van der Waals surface area contributed by atoms with Gasteiger partial charge in [0.15, 0.2) is 4.34 Å². The summed E-state index contributed by atoms with van der Waals surface area (Å²) < 4.78 is 3.99. The van der Waals surface area contributed by atoms with Crippen LogP contribution in [0.2, 0.25) is 0 Å². The maximum Gasteiger partial charge on any atom is 0.295 e. The van der Waals surface area contributed by atoms with Gasteiger partial charge in [0.2, 0.25) is 11.0 Å². The van der Waals surface area contributed by atoms with E-state index in [1.54, 1.807) is 11.7 Å². The van der Waals surface area contributed by atoms with Gasteiger partial charge < -0.3 is 10.6 Å². The Labute approximate surface area is 177 Å². The van der Waals surface area contributed by atoms with Gasteiger partial charge in [0.1, 0.15) is 5.69 Å². The molecule has 0 bridgehead atoms. The van der Waals surface area contributed by atoms with Crippen LogP contribution >= 0.6 is 23.1 Å². The Morgan fingerprint density at radius 2 is 2.00 bits per heavy atom. The van der Waals surface area contributed by atoms with E-state index in [1.165, 1.54) is 27.8 Å². The van der Waals surface area contributed by atoms with E-state index >= 15 is 0 Å². The number of thioether (sulfide) groups is 1. The van der Waals surface area contributed by atoms with Gasteiger partial charge in [0, 0.05) is 13.6 Å². The number of unbranched alkanes of at least 4 members (excludes halogenated alkanes) is 1. The molecule has 0 aliphatic rings. The van der Waals surface area contributed by atoms with Crippen molar-refractivity contribution in [2.75, 3.05) is 22.9 Å². The van der Waals surface area contributed by atoms with Crippen molar-refractivity contribution in [1.82, 2.24) is 19.6 Å². The van der Waals surface area contributed by atoms with Gasteiger partial charge in [-0.1, -0.05) is 54.6 Å². The van der Waals surface area contributed by atoms with Crippen molar-refractivity contribution in [2.45, 2.75) is 31.0 Å². The van der Waals surface area contributed by atoms with Crippen LogP contribution < -0.4 is 16.2 Å². The van der Waals surface area contributed by atoms with Crippen LogP contribution in [0.25, 0.3) is 5.69 Å². The lowest BCUT2D eigenvalue weighted by atomic mass is 10.3. The molecule has 0 aliphatic carbocycles. The average molecular weight is 433 g/mol. The summed E-state index contributed by atoms with van der Waals surface area (Å²) in [6.07, 6.45) is 2.18. The van der Waals surface area contributed by atoms with E-state index in [9.17, 15) is 9.59 Å². The third kappa shape index (κ3) is 5.07. The van der Waals surface area contributed by atoms with Crippen molar-refractivity contribution < 1.29 is 4.79 Å². The molecule has 29 heavy (non-hydrogen) atoms. The van der Waals surface area contributed by atoms with Gasteiger partial charge in [-0.15, -0.1) is 10.2 Å². The highest BCUT2D eigenvalue weighted by Gasteiger charge is 2.18. The predicted molar refractivity (Wildman–Crippen MR) is 118 cm³/mol. The maximum atomic E-state index is 12.8. The van der Waals surface area contributed by atoms with Crippen LogP contribution in [0.5, 0.6) is 0 Å². The fourth-order valence-corrected chi connectivity index (χ4v) is 4.30. The van der Waals surface area contributed by atoms with Crippen LogP contribution in [-0.4, -0.2) is 37.8 Å². The first-order valence-electron chi connectivity index (χ1n) is 9.35. The van der Waals surface area contributed by atoms with E-state index in [0.29, 0.717) is 15.7 Å².